The maximum absolute atomic E-state index is 9.52. The van der Waals surface area contributed by atoms with Crippen LogP contribution in [0.1, 0.15) is 23.7 Å². The van der Waals surface area contributed by atoms with Crippen LogP contribution >= 0.6 is 0 Å². The third-order valence-electron chi connectivity index (χ3n) is 5.89. The van der Waals surface area contributed by atoms with E-state index in [0.29, 0.717) is 30.5 Å². The lowest BCUT2D eigenvalue weighted by atomic mass is 10.1. The highest BCUT2D eigenvalue weighted by Crippen LogP contribution is 2.30. The summed E-state index contributed by atoms with van der Waals surface area (Å²) in [5.41, 5.74) is 4.13. The molecule has 2 aromatic carbocycles. The van der Waals surface area contributed by atoms with Crippen molar-refractivity contribution in [2.75, 3.05) is 18.5 Å². The Bertz CT molecular complexity index is 1400. The number of aliphatic hydroxyl groups is 1. The van der Waals surface area contributed by atoms with Crippen LogP contribution in [-0.4, -0.2) is 44.7 Å². The highest BCUT2D eigenvalue weighted by atomic mass is 16.5. The number of benzene rings is 2. The summed E-state index contributed by atoms with van der Waals surface area (Å²) < 4.78 is 11.7. The van der Waals surface area contributed by atoms with Crippen LogP contribution in [-0.2, 0) is 11.2 Å². The quantitative estimate of drug-likeness (QED) is 0.397. The van der Waals surface area contributed by atoms with Crippen molar-refractivity contribution >= 4 is 28.3 Å². The first-order valence-electron chi connectivity index (χ1n) is 11.4. The van der Waals surface area contributed by atoms with Gasteiger partial charge in [-0.2, -0.15) is 0 Å². The van der Waals surface area contributed by atoms with Crippen LogP contribution in [0.3, 0.4) is 0 Å². The van der Waals surface area contributed by atoms with Gasteiger partial charge in [0.25, 0.3) is 0 Å². The standard InChI is InChI=1S/C27H27N5O3/c1-17-10-20(6-9-24(17)35-21-7-4-18(2)28-13-21)31-26-22-11-19(5-8-23(22)29-16-30-26)12-25-32-27(3,14-33)15-34-25/h4-11,13,16,33H,12,14-15H2,1-3H3,(H,29,30,31). The van der Waals surface area contributed by atoms with Crippen molar-refractivity contribution in [2.24, 2.45) is 4.99 Å². The Morgan fingerprint density at radius 3 is 2.69 bits per heavy atom. The monoisotopic (exact) mass is 469 g/mol. The van der Waals surface area contributed by atoms with Crippen molar-refractivity contribution in [3.63, 3.8) is 0 Å². The minimum Gasteiger partial charge on any atom is -0.478 e. The van der Waals surface area contributed by atoms with Gasteiger partial charge in [0, 0.05) is 23.2 Å². The van der Waals surface area contributed by atoms with Gasteiger partial charge in [-0.15, -0.1) is 0 Å². The van der Waals surface area contributed by atoms with Crippen molar-refractivity contribution in [1.29, 1.82) is 0 Å². The molecular weight excluding hydrogens is 442 g/mol. The van der Waals surface area contributed by atoms with Crippen LogP contribution in [0, 0.1) is 13.8 Å². The fraction of sp³-hybridized carbons (Fsp3) is 0.259. The molecule has 8 nitrogen and oxygen atoms in total. The molecule has 8 heteroatoms. The number of anilines is 2. The molecule has 1 aliphatic heterocycles. The number of rotatable bonds is 7. The maximum atomic E-state index is 9.52. The highest BCUT2D eigenvalue weighted by Gasteiger charge is 2.30. The molecule has 0 aliphatic carbocycles. The number of aliphatic hydroxyl groups excluding tert-OH is 1. The number of hydrogen-bond donors (Lipinski definition) is 2. The summed E-state index contributed by atoms with van der Waals surface area (Å²) in [6, 6.07) is 15.8. The summed E-state index contributed by atoms with van der Waals surface area (Å²) in [5, 5.41) is 13.8. The number of aliphatic imine (C=N–C) groups is 1. The smallest absolute Gasteiger partial charge is 0.188 e. The lowest BCUT2D eigenvalue weighted by Gasteiger charge is -2.13. The summed E-state index contributed by atoms with van der Waals surface area (Å²) >= 11 is 0. The molecule has 0 saturated heterocycles. The zero-order valence-electron chi connectivity index (χ0n) is 19.9. The van der Waals surface area contributed by atoms with Crippen molar-refractivity contribution in [3.05, 3.63) is 77.9 Å². The Morgan fingerprint density at radius 2 is 1.94 bits per heavy atom. The number of nitrogens with one attached hydrogen (secondary N) is 1. The number of fused-ring (bicyclic) bond motifs is 1. The Labute approximate surface area is 203 Å². The first kappa shape index (κ1) is 22.7. The summed E-state index contributed by atoms with van der Waals surface area (Å²) in [7, 11) is 0. The molecule has 0 bridgehead atoms. The SMILES string of the molecule is Cc1ccc(Oc2ccc(Nc3ncnc4ccc(CC5=NC(C)(CO)CO5)cc34)cc2C)cn1. The highest BCUT2D eigenvalue weighted by molar-refractivity contribution is 5.92. The van der Waals surface area contributed by atoms with E-state index in [1.54, 1.807) is 12.5 Å². The fourth-order valence-electron chi connectivity index (χ4n) is 3.88. The Kier molecular flexibility index (Phi) is 6.05. The summed E-state index contributed by atoms with van der Waals surface area (Å²) in [4.78, 5) is 17.7. The third kappa shape index (κ3) is 5.07. The van der Waals surface area contributed by atoms with Gasteiger partial charge in [-0.05, 0) is 74.4 Å². The van der Waals surface area contributed by atoms with E-state index in [1.165, 1.54) is 0 Å². The third-order valence-corrected chi connectivity index (χ3v) is 5.89. The van der Waals surface area contributed by atoms with Crippen molar-refractivity contribution < 1.29 is 14.6 Å². The van der Waals surface area contributed by atoms with Gasteiger partial charge in [0.05, 0.1) is 18.3 Å². The van der Waals surface area contributed by atoms with Gasteiger partial charge < -0.3 is 19.9 Å². The molecule has 4 aromatic rings. The minimum atomic E-state index is -0.564. The van der Waals surface area contributed by atoms with Crippen LogP contribution < -0.4 is 10.1 Å². The number of ether oxygens (including phenoxy) is 2. The molecule has 1 atom stereocenters. The molecule has 1 unspecified atom stereocenters. The molecule has 178 valence electrons. The molecule has 5 rings (SSSR count). The van der Waals surface area contributed by atoms with E-state index in [2.05, 4.69) is 25.3 Å². The largest absolute Gasteiger partial charge is 0.478 e. The maximum Gasteiger partial charge on any atom is 0.188 e. The number of aryl methyl sites for hydroxylation is 2. The Morgan fingerprint density at radius 1 is 1.06 bits per heavy atom. The normalized spacial score (nSPS) is 17.2. The molecule has 1 aliphatic rings. The Balaban J connectivity index is 1.37. The van der Waals surface area contributed by atoms with Crippen molar-refractivity contribution in [3.8, 4) is 11.5 Å². The van der Waals surface area contributed by atoms with Crippen LogP contribution in [0.5, 0.6) is 11.5 Å². The van der Waals surface area contributed by atoms with E-state index in [0.717, 1.165) is 39.2 Å². The first-order valence-corrected chi connectivity index (χ1v) is 11.4. The van der Waals surface area contributed by atoms with Crippen LogP contribution in [0.15, 0.2) is 66.0 Å². The van der Waals surface area contributed by atoms with Crippen LogP contribution in [0.2, 0.25) is 0 Å². The van der Waals surface area contributed by atoms with Crippen LogP contribution in [0.4, 0.5) is 11.5 Å². The molecule has 3 heterocycles. The molecule has 35 heavy (non-hydrogen) atoms. The zero-order valence-corrected chi connectivity index (χ0v) is 19.9. The Hall–Kier alpha value is -4.04. The first-order chi connectivity index (χ1) is 16.9. The number of hydrogen-bond acceptors (Lipinski definition) is 8. The minimum absolute atomic E-state index is 0.0404. The topological polar surface area (TPSA) is 102 Å². The summed E-state index contributed by atoms with van der Waals surface area (Å²) in [6.07, 6.45) is 3.81. The second-order valence-electron chi connectivity index (χ2n) is 9.04. The molecule has 0 radical (unpaired) electrons. The van der Waals surface area contributed by atoms with E-state index < -0.39 is 5.54 Å². The molecule has 0 fully saturated rings. The molecular formula is C27H27N5O3. The molecule has 2 N–H and O–H groups in total. The number of nitrogens with zero attached hydrogens (tertiary/aromatic N) is 4. The second-order valence-corrected chi connectivity index (χ2v) is 9.04. The van der Waals surface area contributed by atoms with E-state index in [4.69, 9.17) is 9.47 Å². The molecule has 2 aromatic heterocycles. The van der Waals surface area contributed by atoms with E-state index >= 15 is 0 Å². The second kappa shape index (κ2) is 9.31. The summed E-state index contributed by atoms with van der Waals surface area (Å²) in [6.45, 7) is 6.18. The van der Waals surface area contributed by atoms with Gasteiger partial charge in [0.2, 0.25) is 0 Å². The predicted molar refractivity (Wildman–Crippen MR) is 136 cm³/mol. The zero-order chi connectivity index (χ0) is 24.4. The average molecular weight is 470 g/mol. The number of pyridine rings is 1. The number of aromatic nitrogens is 3. The van der Waals surface area contributed by atoms with Gasteiger partial charge in [0.15, 0.2) is 5.90 Å². The van der Waals surface area contributed by atoms with E-state index in [-0.39, 0.29) is 6.61 Å². The van der Waals surface area contributed by atoms with Gasteiger partial charge >= 0.3 is 0 Å². The molecule has 0 spiro atoms. The van der Waals surface area contributed by atoms with Gasteiger partial charge in [-0.25, -0.2) is 15.0 Å². The van der Waals surface area contributed by atoms with Crippen molar-refractivity contribution in [2.45, 2.75) is 32.7 Å². The van der Waals surface area contributed by atoms with Crippen LogP contribution in [0.25, 0.3) is 10.9 Å². The van der Waals surface area contributed by atoms with Gasteiger partial charge in [-0.3, -0.25) is 4.98 Å². The van der Waals surface area contributed by atoms with E-state index in [9.17, 15) is 5.11 Å². The van der Waals surface area contributed by atoms with E-state index in [1.807, 2.05) is 69.3 Å². The average Bonchev–Trinajstić information content (AvgIpc) is 3.23. The summed E-state index contributed by atoms with van der Waals surface area (Å²) in [5.74, 6) is 2.80. The van der Waals surface area contributed by atoms with Gasteiger partial charge in [0.1, 0.15) is 35.8 Å². The molecule has 0 saturated carbocycles. The van der Waals surface area contributed by atoms with Gasteiger partial charge in [-0.1, -0.05) is 6.07 Å². The van der Waals surface area contributed by atoms with Crippen molar-refractivity contribution in [1.82, 2.24) is 15.0 Å². The fourth-order valence-corrected chi connectivity index (χ4v) is 3.88. The molecule has 0 amide bonds. The predicted octanol–water partition coefficient (Wildman–Crippen LogP) is 4.90. The lowest BCUT2D eigenvalue weighted by molar-refractivity contribution is 0.169. The lowest BCUT2D eigenvalue weighted by Crippen LogP contribution is -2.28.